The summed E-state index contributed by atoms with van der Waals surface area (Å²) in [5.41, 5.74) is 4.82. The Bertz CT molecular complexity index is 2190. The molecule has 1 fully saturated rings. The topological polar surface area (TPSA) is 155 Å². The number of nitriles is 1. The van der Waals surface area contributed by atoms with Gasteiger partial charge in [-0.25, -0.2) is 14.6 Å². The minimum atomic E-state index is -1.68. The molecule has 12 heteroatoms. The maximum Gasteiger partial charge on any atom is 0.303 e. The van der Waals surface area contributed by atoms with Gasteiger partial charge in [-0.05, 0) is 48.6 Å². The zero-order valence-electron chi connectivity index (χ0n) is 26.6. The predicted molar refractivity (Wildman–Crippen MR) is 182 cm³/mol. The molecule has 11 nitrogen and oxygen atoms in total. The monoisotopic (exact) mass is 656 g/mol. The number of hydrogen-bond donors (Lipinski definition) is 3. The van der Waals surface area contributed by atoms with Crippen molar-refractivity contribution in [2.45, 2.75) is 43.8 Å². The molecule has 7 rings (SSSR count). The average molecular weight is 657 g/mol. The number of nitrogens with zero attached hydrogens (tertiary/aromatic N) is 7. The van der Waals surface area contributed by atoms with Gasteiger partial charge in [0.25, 0.3) is 0 Å². The number of aromatic nitrogens is 6. The van der Waals surface area contributed by atoms with Gasteiger partial charge in [0, 0.05) is 52.2 Å². The van der Waals surface area contributed by atoms with Crippen molar-refractivity contribution in [1.82, 2.24) is 29.9 Å². The van der Waals surface area contributed by atoms with Gasteiger partial charge in [-0.1, -0.05) is 65.3 Å². The molecule has 1 saturated carbocycles. The fourth-order valence-electron chi connectivity index (χ4n) is 5.71. The summed E-state index contributed by atoms with van der Waals surface area (Å²) >= 11 is 6.73. The van der Waals surface area contributed by atoms with Crippen LogP contribution in [-0.4, -0.2) is 41.0 Å². The normalized spacial score (nSPS) is 14.8. The van der Waals surface area contributed by atoms with Crippen molar-refractivity contribution >= 4 is 39.8 Å². The molecule has 6 aromatic rings. The second kappa shape index (κ2) is 13.5. The van der Waals surface area contributed by atoms with Crippen LogP contribution in [0.3, 0.4) is 0 Å². The zero-order valence-corrected chi connectivity index (χ0v) is 26.3. The molecule has 0 bridgehead atoms. The van der Waals surface area contributed by atoms with Crippen molar-refractivity contribution < 1.29 is 11.3 Å². The van der Waals surface area contributed by atoms with Gasteiger partial charge in [0.15, 0.2) is 0 Å². The van der Waals surface area contributed by atoms with Crippen LogP contribution in [-0.2, 0) is 4.79 Å². The second-order valence-corrected chi connectivity index (χ2v) is 11.9. The van der Waals surface area contributed by atoms with Crippen molar-refractivity contribution in [1.29, 1.82) is 5.26 Å². The minimum absolute atomic E-state index is 0.0857. The Labute approximate surface area is 282 Å². The highest BCUT2D eigenvalue weighted by Gasteiger charge is 2.28. The smallest absolute Gasteiger partial charge is 0.303 e. The Balaban J connectivity index is 1.42. The summed E-state index contributed by atoms with van der Waals surface area (Å²) in [6.07, 6.45) is 10.2. The molecule has 48 heavy (non-hydrogen) atoms. The lowest BCUT2D eigenvalue weighted by atomic mass is 9.97. The Hall–Kier alpha value is -5.86. The molecule has 1 aliphatic carbocycles. The maximum atomic E-state index is 11.7. The lowest BCUT2D eigenvalue weighted by Crippen LogP contribution is -2.15. The second-order valence-electron chi connectivity index (χ2n) is 11.5. The Morgan fingerprint density at radius 1 is 1.08 bits per heavy atom. The van der Waals surface area contributed by atoms with Crippen LogP contribution in [0.15, 0.2) is 97.8 Å². The summed E-state index contributed by atoms with van der Waals surface area (Å²) in [5, 5.41) is 36.4. The van der Waals surface area contributed by atoms with E-state index in [1.54, 1.807) is 41.5 Å². The van der Waals surface area contributed by atoms with E-state index in [0.29, 0.717) is 49.7 Å². The Morgan fingerprint density at radius 2 is 1.85 bits per heavy atom. The third kappa shape index (κ3) is 6.52. The molecule has 0 radical (unpaired) electrons. The molecule has 3 N–H and O–H groups in total. The molecular formula is C36H30ClN9O2. The van der Waals surface area contributed by atoms with Crippen LogP contribution in [0, 0.1) is 11.3 Å². The molecule has 3 heterocycles. The lowest BCUT2D eigenvalue weighted by Gasteiger charge is -2.24. The third-order valence-corrected chi connectivity index (χ3v) is 8.56. The summed E-state index contributed by atoms with van der Waals surface area (Å²) in [5.74, 6) is -0.925. The molecule has 0 unspecified atom stereocenters. The number of carboxylic acid groups (broad SMARTS) is 1. The first-order valence-electron chi connectivity index (χ1n) is 15.9. The number of carbonyl (C=O) groups is 1. The van der Waals surface area contributed by atoms with Crippen LogP contribution in [0.1, 0.15) is 67.5 Å². The van der Waals surface area contributed by atoms with Crippen molar-refractivity contribution in [3.63, 3.8) is 0 Å². The summed E-state index contributed by atoms with van der Waals surface area (Å²) in [6.45, 7) is 0. The number of fused-ring (bicyclic) bond motifs is 1. The molecular weight excluding hydrogens is 626 g/mol. The molecule has 3 aromatic carbocycles. The zero-order chi connectivity index (χ0) is 34.0. The van der Waals surface area contributed by atoms with Crippen molar-refractivity contribution in [3.05, 3.63) is 125 Å². The standard InChI is InChI=1S/C36H30ClN9O2/c37-30-9-5-4-8-27(30)36(32-20-46(45-44-32)26-10-11-26)42-25-14-28(24-17-39-21-40-18-24)35-29(15-25)34(23(16-38)19-41-35)43-31(12-13-33(47)48)22-6-2-1-3-7-22/h1-9,14-15,17-21,26,31,36,42H,10-13H2,(H,41,43)(H,47,48)/t31-,36+/m1/s1/i36D. The summed E-state index contributed by atoms with van der Waals surface area (Å²) in [4.78, 5) is 24.8. The highest BCUT2D eigenvalue weighted by Crippen LogP contribution is 2.40. The molecule has 2 atom stereocenters. The van der Waals surface area contributed by atoms with Gasteiger partial charge in [-0.15, -0.1) is 5.10 Å². The fraction of sp³-hybridized carbons (Fsp3) is 0.194. The third-order valence-electron chi connectivity index (χ3n) is 8.23. The van der Waals surface area contributed by atoms with E-state index in [0.717, 1.165) is 18.4 Å². The Kier molecular flexibility index (Phi) is 8.29. The molecule has 0 aliphatic heterocycles. The predicted octanol–water partition coefficient (Wildman–Crippen LogP) is 7.36. The first kappa shape index (κ1) is 29.5. The van der Waals surface area contributed by atoms with Crippen molar-refractivity contribution in [2.75, 3.05) is 10.6 Å². The van der Waals surface area contributed by atoms with Crippen LogP contribution in [0.4, 0.5) is 11.4 Å². The van der Waals surface area contributed by atoms with E-state index in [2.05, 4.69) is 37.0 Å². The highest BCUT2D eigenvalue weighted by atomic mass is 35.5. The lowest BCUT2D eigenvalue weighted by molar-refractivity contribution is -0.137. The number of nitrogens with one attached hydrogen (secondary N) is 2. The molecule has 238 valence electrons. The van der Waals surface area contributed by atoms with E-state index >= 15 is 0 Å². The van der Waals surface area contributed by atoms with Gasteiger partial charge in [0.05, 0.1) is 42.4 Å². The van der Waals surface area contributed by atoms with Gasteiger partial charge in [0.2, 0.25) is 0 Å². The fourth-order valence-corrected chi connectivity index (χ4v) is 5.94. The van der Waals surface area contributed by atoms with Gasteiger partial charge >= 0.3 is 5.97 Å². The van der Waals surface area contributed by atoms with Crippen LogP contribution >= 0.6 is 11.6 Å². The van der Waals surface area contributed by atoms with E-state index in [1.165, 1.54) is 12.5 Å². The number of benzene rings is 3. The maximum absolute atomic E-state index is 11.7. The van der Waals surface area contributed by atoms with E-state index in [1.807, 2.05) is 48.5 Å². The molecule has 0 spiro atoms. The van der Waals surface area contributed by atoms with E-state index in [-0.39, 0.29) is 24.4 Å². The molecule has 0 saturated heterocycles. The number of pyridine rings is 1. The number of rotatable bonds is 12. The van der Waals surface area contributed by atoms with Gasteiger partial charge in [0.1, 0.15) is 18.1 Å². The number of carboxylic acids is 1. The van der Waals surface area contributed by atoms with Crippen molar-refractivity contribution in [3.8, 4) is 17.2 Å². The summed E-state index contributed by atoms with van der Waals surface area (Å²) in [7, 11) is 0. The van der Waals surface area contributed by atoms with Gasteiger partial charge < -0.3 is 15.7 Å². The Morgan fingerprint density at radius 3 is 2.58 bits per heavy atom. The van der Waals surface area contributed by atoms with Crippen LogP contribution < -0.4 is 10.6 Å². The SMILES string of the molecule is [2H][C@@](Nc1cc(-c2cncnc2)c2ncc(C#N)c(N[C@H](CCC(=O)O)c3ccccc3)c2c1)(c1cn(C2CC2)nn1)c1ccccc1Cl. The summed E-state index contributed by atoms with van der Waals surface area (Å²) in [6, 6.07) is 20.7. The van der Waals surface area contributed by atoms with Crippen molar-refractivity contribution in [2.24, 2.45) is 0 Å². The number of hydrogen-bond acceptors (Lipinski definition) is 9. The van der Waals surface area contributed by atoms with Gasteiger partial charge in [-0.3, -0.25) is 9.78 Å². The molecule has 1 aliphatic rings. The average Bonchev–Trinajstić information content (AvgIpc) is 3.85. The number of anilines is 2. The summed E-state index contributed by atoms with van der Waals surface area (Å²) < 4.78 is 11.7. The van der Waals surface area contributed by atoms with Crippen LogP contribution in [0.5, 0.6) is 0 Å². The van der Waals surface area contributed by atoms with Crippen LogP contribution in [0.2, 0.25) is 5.02 Å². The van der Waals surface area contributed by atoms with Crippen LogP contribution in [0.25, 0.3) is 22.0 Å². The molecule has 0 amide bonds. The van der Waals surface area contributed by atoms with E-state index in [4.69, 9.17) is 16.6 Å². The largest absolute Gasteiger partial charge is 0.481 e. The first-order chi connectivity index (χ1) is 23.8. The van der Waals surface area contributed by atoms with Gasteiger partial charge in [-0.2, -0.15) is 5.26 Å². The highest BCUT2D eigenvalue weighted by molar-refractivity contribution is 6.31. The first-order valence-corrected chi connectivity index (χ1v) is 15.8. The molecule has 3 aromatic heterocycles. The van der Waals surface area contributed by atoms with E-state index < -0.39 is 18.0 Å². The quantitative estimate of drug-likeness (QED) is 0.122. The number of halogens is 1. The number of aliphatic carboxylic acids is 1. The minimum Gasteiger partial charge on any atom is -0.481 e. The van der Waals surface area contributed by atoms with E-state index in [9.17, 15) is 16.5 Å².